The van der Waals surface area contributed by atoms with Crippen LogP contribution in [-0.4, -0.2) is 16.6 Å². The van der Waals surface area contributed by atoms with Crippen LogP contribution in [0.3, 0.4) is 0 Å². The summed E-state index contributed by atoms with van der Waals surface area (Å²) in [4.78, 5) is 4.30. The Bertz CT molecular complexity index is 573. The Hall–Kier alpha value is -1.82. The number of aromatic nitrogens is 2. The van der Waals surface area contributed by atoms with E-state index in [0.717, 1.165) is 30.1 Å². The van der Waals surface area contributed by atoms with E-state index in [0.29, 0.717) is 6.42 Å². The molecule has 0 saturated carbocycles. The van der Waals surface area contributed by atoms with Gasteiger partial charge in [-0.1, -0.05) is 12.1 Å². The third kappa shape index (κ3) is 3.64. The summed E-state index contributed by atoms with van der Waals surface area (Å²) in [5, 5.41) is 3.13. The van der Waals surface area contributed by atoms with E-state index in [2.05, 4.69) is 10.3 Å². The third-order valence-corrected chi connectivity index (χ3v) is 3.52. The summed E-state index contributed by atoms with van der Waals surface area (Å²) >= 11 is 0. The molecule has 0 spiro atoms. The van der Waals surface area contributed by atoms with Crippen LogP contribution in [0.25, 0.3) is 0 Å². The Kier molecular flexibility index (Phi) is 4.67. The minimum absolute atomic E-state index is 0.0695. The van der Waals surface area contributed by atoms with E-state index in [1.54, 1.807) is 13.2 Å². The van der Waals surface area contributed by atoms with Crippen LogP contribution < -0.4 is 5.32 Å². The van der Waals surface area contributed by atoms with Gasteiger partial charge < -0.3 is 9.88 Å². The van der Waals surface area contributed by atoms with Crippen molar-refractivity contribution in [2.75, 3.05) is 7.05 Å². The van der Waals surface area contributed by atoms with Crippen LogP contribution >= 0.6 is 0 Å². The molecule has 0 radical (unpaired) electrons. The molecule has 0 aliphatic heterocycles. The third-order valence-electron chi connectivity index (χ3n) is 3.52. The van der Waals surface area contributed by atoms with Crippen LogP contribution in [0.4, 0.5) is 13.2 Å². The molecule has 1 heterocycles. The predicted octanol–water partition coefficient (Wildman–Crippen LogP) is 3.43. The second-order valence-corrected chi connectivity index (χ2v) is 4.79. The van der Waals surface area contributed by atoms with E-state index in [-0.39, 0.29) is 6.04 Å². The monoisotopic (exact) mass is 297 g/mol. The summed E-state index contributed by atoms with van der Waals surface area (Å²) in [6, 6.07) is 5.20. The van der Waals surface area contributed by atoms with Gasteiger partial charge in [0.05, 0.1) is 5.56 Å². The number of hydrogen-bond donors (Lipinski definition) is 1. The fraction of sp³-hybridized carbons (Fsp3) is 0.400. The molecule has 0 bridgehead atoms. The predicted molar refractivity (Wildman–Crippen MR) is 74.8 cm³/mol. The minimum Gasteiger partial charge on any atom is -0.335 e. The van der Waals surface area contributed by atoms with Crippen LogP contribution in [-0.2, 0) is 19.1 Å². The first-order chi connectivity index (χ1) is 9.95. The molecule has 2 aromatic rings. The normalized spacial score (nSPS) is 13.4. The molecule has 1 aromatic carbocycles. The van der Waals surface area contributed by atoms with Gasteiger partial charge in [-0.15, -0.1) is 0 Å². The maximum atomic E-state index is 12.6. The molecule has 114 valence electrons. The summed E-state index contributed by atoms with van der Waals surface area (Å²) in [6.45, 7) is 2.84. The molecule has 21 heavy (non-hydrogen) atoms. The molecule has 1 aromatic heterocycles. The lowest BCUT2D eigenvalue weighted by atomic mass is 10.0. The Labute approximate surface area is 121 Å². The molecule has 1 atom stereocenters. The number of nitrogens with one attached hydrogen (secondary N) is 1. The van der Waals surface area contributed by atoms with Gasteiger partial charge in [-0.3, -0.25) is 0 Å². The van der Waals surface area contributed by atoms with Gasteiger partial charge in [-0.25, -0.2) is 4.98 Å². The number of nitrogens with zero attached hydrogens (tertiary/aromatic N) is 2. The Morgan fingerprint density at radius 3 is 2.43 bits per heavy atom. The smallest absolute Gasteiger partial charge is 0.335 e. The number of benzene rings is 1. The summed E-state index contributed by atoms with van der Waals surface area (Å²) in [5.74, 6) is 0.914. The first-order valence-electron chi connectivity index (χ1n) is 6.80. The van der Waals surface area contributed by atoms with Gasteiger partial charge in [0.15, 0.2) is 0 Å². The fourth-order valence-electron chi connectivity index (χ4n) is 2.29. The topological polar surface area (TPSA) is 29.9 Å². The van der Waals surface area contributed by atoms with E-state index in [4.69, 9.17) is 0 Å². The van der Waals surface area contributed by atoms with E-state index < -0.39 is 11.7 Å². The summed E-state index contributed by atoms with van der Waals surface area (Å²) in [6.07, 6.45) is -0.0397. The zero-order valence-electron chi connectivity index (χ0n) is 12.0. The first kappa shape index (κ1) is 15.6. The molecule has 1 N–H and O–H groups in total. The summed E-state index contributed by atoms with van der Waals surface area (Å²) in [5.41, 5.74) is 0.187. The highest BCUT2D eigenvalue weighted by atomic mass is 19.4. The van der Waals surface area contributed by atoms with Crippen molar-refractivity contribution in [1.29, 1.82) is 0 Å². The highest BCUT2D eigenvalue weighted by Crippen LogP contribution is 2.30. The van der Waals surface area contributed by atoms with E-state index in [9.17, 15) is 13.2 Å². The van der Waals surface area contributed by atoms with Gasteiger partial charge >= 0.3 is 6.18 Å². The molecule has 0 aliphatic carbocycles. The van der Waals surface area contributed by atoms with Gasteiger partial charge in [0.25, 0.3) is 0 Å². The van der Waals surface area contributed by atoms with Crippen LogP contribution in [0, 0.1) is 0 Å². The van der Waals surface area contributed by atoms with Gasteiger partial charge in [-0.05, 0) is 31.7 Å². The number of hydrogen-bond acceptors (Lipinski definition) is 2. The average molecular weight is 297 g/mol. The molecule has 0 saturated heterocycles. The number of halogens is 3. The standard InChI is InChI=1S/C15H18F3N3/c1-3-21-9-8-20-14(21)10-13(19-2)11-4-6-12(7-5-11)15(16,17)18/h4-9,13,19H,3,10H2,1-2H3. The highest BCUT2D eigenvalue weighted by Gasteiger charge is 2.30. The quantitative estimate of drug-likeness (QED) is 0.916. The van der Waals surface area contributed by atoms with Crippen molar-refractivity contribution in [1.82, 2.24) is 14.9 Å². The zero-order chi connectivity index (χ0) is 15.5. The van der Waals surface area contributed by atoms with E-state index in [1.807, 2.05) is 17.7 Å². The van der Waals surface area contributed by atoms with Crippen LogP contribution in [0.5, 0.6) is 0 Å². The van der Waals surface area contributed by atoms with Crippen LogP contribution in [0.2, 0.25) is 0 Å². The van der Waals surface area contributed by atoms with E-state index in [1.165, 1.54) is 12.1 Å². The molecule has 0 fully saturated rings. The number of aryl methyl sites for hydroxylation is 1. The SMILES string of the molecule is CCn1ccnc1CC(NC)c1ccc(C(F)(F)F)cc1. The van der Waals surface area contributed by atoms with Gasteiger partial charge in [0, 0.05) is 31.4 Å². The van der Waals surface area contributed by atoms with Crippen LogP contribution in [0.15, 0.2) is 36.7 Å². The zero-order valence-corrected chi connectivity index (χ0v) is 12.0. The number of alkyl halides is 3. The number of likely N-dealkylation sites (N-methyl/N-ethyl adjacent to an activating group) is 1. The Balaban J connectivity index is 2.18. The van der Waals surface area contributed by atoms with Crippen molar-refractivity contribution < 1.29 is 13.2 Å². The lowest BCUT2D eigenvalue weighted by Crippen LogP contribution is -2.21. The molecule has 1 unspecified atom stereocenters. The molecule has 0 aliphatic rings. The molecule has 6 heteroatoms. The summed E-state index contributed by atoms with van der Waals surface area (Å²) in [7, 11) is 1.79. The van der Waals surface area contributed by atoms with Crippen molar-refractivity contribution in [2.45, 2.75) is 32.1 Å². The molecule has 0 amide bonds. The van der Waals surface area contributed by atoms with Crippen LogP contribution in [0.1, 0.15) is 29.9 Å². The second-order valence-electron chi connectivity index (χ2n) is 4.79. The van der Waals surface area contributed by atoms with Crippen molar-refractivity contribution >= 4 is 0 Å². The van der Waals surface area contributed by atoms with Gasteiger partial charge in [-0.2, -0.15) is 13.2 Å². The fourth-order valence-corrected chi connectivity index (χ4v) is 2.29. The largest absolute Gasteiger partial charge is 0.416 e. The number of rotatable bonds is 5. The van der Waals surface area contributed by atoms with Crippen molar-refractivity contribution in [3.05, 3.63) is 53.6 Å². The molecular formula is C15H18F3N3. The van der Waals surface area contributed by atoms with Gasteiger partial charge in [0.1, 0.15) is 5.82 Å². The lowest BCUT2D eigenvalue weighted by Gasteiger charge is -2.18. The lowest BCUT2D eigenvalue weighted by molar-refractivity contribution is -0.137. The van der Waals surface area contributed by atoms with Gasteiger partial charge in [0.2, 0.25) is 0 Å². The molecular weight excluding hydrogens is 279 g/mol. The van der Waals surface area contributed by atoms with E-state index >= 15 is 0 Å². The first-order valence-corrected chi connectivity index (χ1v) is 6.80. The van der Waals surface area contributed by atoms with Crippen molar-refractivity contribution in [3.8, 4) is 0 Å². The maximum absolute atomic E-state index is 12.6. The molecule has 2 rings (SSSR count). The van der Waals surface area contributed by atoms with Crippen molar-refractivity contribution in [3.63, 3.8) is 0 Å². The maximum Gasteiger partial charge on any atom is 0.416 e. The Morgan fingerprint density at radius 2 is 1.90 bits per heavy atom. The highest BCUT2D eigenvalue weighted by molar-refractivity contribution is 5.27. The van der Waals surface area contributed by atoms with Crippen molar-refractivity contribution in [2.24, 2.45) is 0 Å². The molecule has 3 nitrogen and oxygen atoms in total. The average Bonchev–Trinajstić information content (AvgIpc) is 2.91. The Morgan fingerprint density at radius 1 is 1.24 bits per heavy atom. The summed E-state index contributed by atoms with van der Waals surface area (Å²) < 4.78 is 39.8. The second kappa shape index (κ2) is 6.30. The number of imidazole rings is 1. The minimum atomic E-state index is -4.30.